The SMILES string of the molecule is O=C(CN1CCN(C(=O)C(c2ccccc2)N2CCSCC2)CC1)N1CCCCC1. The predicted molar refractivity (Wildman–Crippen MR) is 122 cm³/mol. The van der Waals surface area contributed by atoms with E-state index in [0.29, 0.717) is 19.6 Å². The summed E-state index contributed by atoms with van der Waals surface area (Å²) in [6.45, 7) is 7.20. The van der Waals surface area contributed by atoms with Gasteiger partial charge in [-0.25, -0.2) is 0 Å². The van der Waals surface area contributed by atoms with Crippen molar-refractivity contribution in [3.63, 3.8) is 0 Å². The fourth-order valence-electron chi connectivity index (χ4n) is 4.71. The lowest BCUT2D eigenvalue weighted by Gasteiger charge is -2.40. The van der Waals surface area contributed by atoms with Crippen LogP contribution in [0.4, 0.5) is 0 Å². The summed E-state index contributed by atoms with van der Waals surface area (Å²) >= 11 is 1.97. The molecular weight excluding hydrogens is 396 g/mol. The van der Waals surface area contributed by atoms with Crippen molar-refractivity contribution in [1.29, 1.82) is 0 Å². The van der Waals surface area contributed by atoms with E-state index in [-0.39, 0.29) is 17.9 Å². The van der Waals surface area contributed by atoms with Crippen LogP contribution in [0.1, 0.15) is 30.9 Å². The molecule has 4 rings (SSSR count). The second kappa shape index (κ2) is 10.6. The van der Waals surface area contributed by atoms with E-state index < -0.39 is 0 Å². The van der Waals surface area contributed by atoms with Gasteiger partial charge in [0.25, 0.3) is 0 Å². The van der Waals surface area contributed by atoms with Gasteiger partial charge in [-0.2, -0.15) is 11.8 Å². The normalized spacial score (nSPS) is 22.7. The Bertz CT molecular complexity index is 696. The Morgan fingerprint density at radius 1 is 0.800 bits per heavy atom. The van der Waals surface area contributed by atoms with Crippen molar-refractivity contribution in [2.75, 3.05) is 70.4 Å². The zero-order valence-corrected chi connectivity index (χ0v) is 18.7. The van der Waals surface area contributed by atoms with E-state index in [1.807, 2.05) is 39.8 Å². The Balaban J connectivity index is 1.35. The Hall–Kier alpha value is -1.57. The molecule has 0 bridgehead atoms. The van der Waals surface area contributed by atoms with E-state index in [4.69, 9.17) is 0 Å². The second-order valence-corrected chi connectivity index (χ2v) is 9.73. The monoisotopic (exact) mass is 430 g/mol. The first-order valence-electron chi connectivity index (χ1n) is 11.4. The Labute approximate surface area is 184 Å². The number of thioether (sulfide) groups is 1. The molecule has 2 amide bonds. The van der Waals surface area contributed by atoms with Gasteiger partial charge in [-0.1, -0.05) is 30.3 Å². The smallest absolute Gasteiger partial charge is 0.244 e. The molecule has 3 aliphatic rings. The topological polar surface area (TPSA) is 47.1 Å². The van der Waals surface area contributed by atoms with Crippen LogP contribution in [0.15, 0.2) is 30.3 Å². The van der Waals surface area contributed by atoms with E-state index in [0.717, 1.165) is 69.2 Å². The summed E-state index contributed by atoms with van der Waals surface area (Å²) in [7, 11) is 0. The van der Waals surface area contributed by atoms with Gasteiger partial charge in [-0.3, -0.25) is 19.4 Å². The van der Waals surface area contributed by atoms with Crippen molar-refractivity contribution in [2.24, 2.45) is 0 Å². The minimum atomic E-state index is -0.186. The van der Waals surface area contributed by atoms with Crippen LogP contribution in [-0.4, -0.2) is 102 Å². The fourth-order valence-corrected chi connectivity index (χ4v) is 5.65. The molecule has 164 valence electrons. The Morgan fingerprint density at radius 3 is 2.13 bits per heavy atom. The van der Waals surface area contributed by atoms with Gasteiger partial charge in [-0.05, 0) is 24.8 Å². The Morgan fingerprint density at radius 2 is 1.47 bits per heavy atom. The maximum absolute atomic E-state index is 13.6. The zero-order valence-electron chi connectivity index (χ0n) is 17.9. The van der Waals surface area contributed by atoms with Crippen LogP contribution in [0.2, 0.25) is 0 Å². The lowest BCUT2D eigenvalue weighted by molar-refractivity contribution is -0.140. The molecule has 0 N–H and O–H groups in total. The molecule has 3 saturated heterocycles. The number of piperazine rings is 1. The maximum atomic E-state index is 13.6. The largest absolute Gasteiger partial charge is 0.342 e. The van der Waals surface area contributed by atoms with Gasteiger partial charge in [0.15, 0.2) is 0 Å². The second-order valence-electron chi connectivity index (χ2n) is 8.50. The molecular formula is C23H34N4O2S. The molecule has 30 heavy (non-hydrogen) atoms. The Kier molecular flexibility index (Phi) is 7.68. The number of rotatable bonds is 5. The van der Waals surface area contributed by atoms with Gasteiger partial charge >= 0.3 is 0 Å². The van der Waals surface area contributed by atoms with E-state index in [9.17, 15) is 9.59 Å². The first-order valence-corrected chi connectivity index (χ1v) is 12.5. The lowest BCUT2D eigenvalue weighted by Crippen LogP contribution is -2.54. The molecule has 3 aliphatic heterocycles. The standard InChI is InChI=1S/C23H34N4O2S/c28-21(25-9-5-2-6-10-25)19-24-11-13-27(14-12-24)23(29)22(20-7-3-1-4-8-20)26-15-17-30-18-16-26/h1,3-4,7-8,22H,2,5-6,9-19H2. The number of likely N-dealkylation sites (tertiary alicyclic amines) is 1. The van der Waals surface area contributed by atoms with Crippen LogP contribution >= 0.6 is 11.8 Å². The number of piperidine rings is 1. The molecule has 3 fully saturated rings. The van der Waals surface area contributed by atoms with E-state index >= 15 is 0 Å². The third kappa shape index (κ3) is 5.37. The molecule has 0 aliphatic carbocycles. The molecule has 0 aromatic heterocycles. The lowest BCUT2D eigenvalue weighted by atomic mass is 10.0. The molecule has 6 nitrogen and oxygen atoms in total. The van der Waals surface area contributed by atoms with Crippen molar-refractivity contribution >= 4 is 23.6 Å². The quantitative estimate of drug-likeness (QED) is 0.715. The minimum Gasteiger partial charge on any atom is -0.342 e. The van der Waals surface area contributed by atoms with E-state index in [1.165, 1.54) is 6.42 Å². The molecule has 3 heterocycles. The van der Waals surface area contributed by atoms with Crippen LogP contribution in [0.25, 0.3) is 0 Å². The third-order valence-electron chi connectivity index (χ3n) is 6.51. The highest BCUT2D eigenvalue weighted by atomic mass is 32.2. The summed E-state index contributed by atoms with van der Waals surface area (Å²) in [5, 5.41) is 0. The van der Waals surface area contributed by atoms with Crippen LogP contribution < -0.4 is 0 Å². The summed E-state index contributed by atoms with van der Waals surface area (Å²) < 4.78 is 0. The average molecular weight is 431 g/mol. The van der Waals surface area contributed by atoms with Gasteiger partial charge in [0.05, 0.1) is 6.54 Å². The van der Waals surface area contributed by atoms with Gasteiger partial charge < -0.3 is 9.80 Å². The molecule has 1 aromatic rings. The van der Waals surface area contributed by atoms with Crippen molar-refractivity contribution in [2.45, 2.75) is 25.3 Å². The van der Waals surface area contributed by atoms with Crippen LogP contribution in [0.5, 0.6) is 0 Å². The summed E-state index contributed by atoms with van der Waals surface area (Å²) in [6, 6.07) is 10.0. The summed E-state index contributed by atoms with van der Waals surface area (Å²) in [6.07, 6.45) is 3.50. The first-order chi connectivity index (χ1) is 14.7. The van der Waals surface area contributed by atoms with Crippen molar-refractivity contribution in [1.82, 2.24) is 19.6 Å². The van der Waals surface area contributed by atoms with Crippen molar-refractivity contribution < 1.29 is 9.59 Å². The highest BCUT2D eigenvalue weighted by Gasteiger charge is 2.34. The number of carbonyl (C=O) groups is 2. The van der Waals surface area contributed by atoms with Gasteiger partial charge in [0.1, 0.15) is 6.04 Å². The van der Waals surface area contributed by atoms with E-state index in [2.05, 4.69) is 21.9 Å². The number of hydrogen-bond acceptors (Lipinski definition) is 5. The molecule has 0 spiro atoms. The number of carbonyl (C=O) groups excluding carboxylic acids is 2. The molecule has 7 heteroatoms. The highest BCUT2D eigenvalue weighted by molar-refractivity contribution is 7.99. The van der Waals surface area contributed by atoms with Crippen LogP contribution in [0.3, 0.4) is 0 Å². The van der Waals surface area contributed by atoms with Crippen LogP contribution in [0, 0.1) is 0 Å². The molecule has 1 atom stereocenters. The van der Waals surface area contributed by atoms with Crippen LogP contribution in [-0.2, 0) is 9.59 Å². The molecule has 0 saturated carbocycles. The number of hydrogen-bond donors (Lipinski definition) is 0. The van der Waals surface area contributed by atoms with E-state index in [1.54, 1.807) is 0 Å². The minimum absolute atomic E-state index is 0.186. The molecule has 1 unspecified atom stereocenters. The molecule has 1 aromatic carbocycles. The number of amides is 2. The van der Waals surface area contributed by atoms with Gasteiger partial charge in [0, 0.05) is 63.9 Å². The fraction of sp³-hybridized carbons (Fsp3) is 0.652. The van der Waals surface area contributed by atoms with Gasteiger partial charge in [-0.15, -0.1) is 0 Å². The highest BCUT2D eigenvalue weighted by Crippen LogP contribution is 2.27. The number of benzene rings is 1. The number of nitrogens with zero attached hydrogens (tertiary/aromatic N) is 4. The average Bonchev–Trinajstić information content (AvgIpc) is 2.81. The predicted octanol–water partition coefficient (Wildman–Crippen LogP) is 1.93. The summed E-state index contributed by atoms with van der Waals surface area (Å²) in [4.78, 5) is 34.7. The first kappa shape index (κ1) is 21.7. The molecule has 0 radical (unpaired) electrons. The van der Waals surface area contributed by atoms with Crippen molar-refractivity contribution in [3.05, 3.63) is 35.9 Å². The third-order valence-corrected chi connectivity index (χ3v) is 7.45. The van der Waals surface area contributed by atoms with Gasteiger partial charge in [0.2, 0.25) is 11.8 Å². The maximum Gasteiger partial charge on any atom is 0.244 e. The summed E-state index contributed by atoms with van der Waals surface area (Å²) in [5.41, 5.74) is 1.09. The zero-order chi connectivity index (χ0) is 20.8. The van der Waals surface area contributed by atoms with Crippen molar-refractivity contribution in [3.8, 4) is 0 Å². The summed E-state index contributed by atoms with van der Waals surface area (Å²) in [5.74, 6) is 2.64.